The van der Waals surface area contributed by atoms with Crippen LogP contribution < -0.4 is 0 Å². The zero-order chi connectivity index (χ0) is 13.5. The lowest BCUT2D eigenvalue weighted by molar-refractivity contribution is -0.135. The number of hydrogen-bond acceptors (Lipinski definition) is 5. The van der Waals surface area contributed by atoms with Gasteiger partial charge < -0.3 is 19.5 Å². The van der Waals surface area contributed by atoms with Crippen molar-refractivity contribution in [3.05, 3.63) is 0 Å². The van der Waals surface area contributed by atoms with Crippen molar-refractivity contribution in [2.75, 3.05) is 59.2 Å². The van der Waals surface area contributed by atoms with E-state index in [2.05, 4.69) is 4.90 Å². The van der Waals surface area contributed by atoms with Crippen LogP contribution in [0.5, 0.6) is 0 Å². The molecule has 2 heterocycles. The summed E-state index contributed by atoms with van der Waals surface area (Å²) >= 11 is 0. The summed E-state index contributed by atoms with van der Waals surface area (Å²) in [5, 5.41) is 9.07. The second-order valence-electron chi connectivity index (χ2n) is 5.07. The van der Waals surface area contributed by atoms with Crippen molar-refractivity contribution in [2.24, 2.45) is 0 Å². The lowest BCUT2D eigenvalue weighted by Gasteiger charge is -2.32. The Morgan fingerprint density at radius 2 is 2.00 bits per heavy atom. The van der Waals surface area contributed by atoms with Crippen molar-refractivity contribution in [2.45, 2.75) is 18.9 Å². The predicted octanol–water partition coefficient (Wildman–Crippen LogP) is -0.681. The summed E-state index contributed by atoms with van der Waals surface area (Å²) in [6, 6.07) is 0. The molecule has 1 N–H and O–H groups in total. The van der Waals surface area contributed by atoms with Gasteiger partial charge >= 0.3 is 0 Å². The number of morpholine rings is 2. The fourth-order valence-corrected chi connectivity index (χ4v) is 2.52. The quantitative estimate of drug-likeness (QED) is 0.718. The van der Waals surface area contributed by atoms with Gasteiger partial charge in [0.05, 0.1) is 32.5 Å². The van der Waals surface area contributed by atoms with Crippen molar-refractivity contribution in [3.8, 4) is 0 Å². The topological polar surface area (TPSA) is 62.2 Å². The molecular weight excluding hydrogens is 248 g/mol. The Morgan fingerprint density at radius 3 is 2.74 bits per heavy atom. The molecule has 2 saturated heterocycles. The highest BCUT2D eigenvalue weighted by Gasteiger charge is 2.20. The molecule has 2 rings (SSSR count). The van der Waals surface area contributed by atoms with Gasteiger partial charge in [0, 0.05) is 32.6 Å². The maximum absolute atomic E-state index is 11.9. The van der Waals surface area contributed by atoms with E-state index < -0.39 is 0 Å². The number of hydrogen-bond donors (Lipinski definition) is 1. The zero-order valence-corrected chi connectivity index (χ0v) is 11.4. The lowest BCUT2D eigenvalue weighted by Crippen LogP contribution is -2.44. The predicted molar refractivity (Wildman–Crippen MR) is 69.9 cm³/mol. The Labute approximate surface area is 114 Å². The molecule has 2 aliphatic rings. The largest absolute Gasteiger partial charge is 0.394 e. The molecule has 0 aromatic rings. The molecule has 0 radical (unpaired) electrons. The number of aliphatic hydroxyl groups is 1. The standard InChI is InChI=1S/C13H24N2O4/c16-11-12-10-14(4-9-19-12)3-1-2-13(17)15-5-7-18-8-6-15/h12,16H,1-11H2. The van der Waals surface area contributed by atoms with Gasteiger partial charge in [0.15, 0.2) is 0 Å². The lowest BCUT2D eigenvalue weighted by atomic mass is 10.2. The van der Waals surface area contributed by atoms with Crippen molar-refractivity contribution < 1.29 is 19.4 Å². The van der Waals surface area contributed by atoms with E-state index >= 15 is 0 Å². The van der Waals surface area contributed by atoms with Gasteiger partial charge in [-0.05, 0) is 13.0 Å². The Hall–Kier alpha value is -0.690. The summed E-state index contributed by atoms with van der Waals surface area (Å²) in [6.07, 6.45) is 1.40. The molecule has 1 unspecified atom stereocenters. The first-order valence-electron chi connectivity index (χ1n) is 7.10. The van der Waals surface area contributed by atoms with E-state index in [0.29, 0.717) is 26.2 Å². The third-order valence-corrected chi connectivity index (χ3v) is 3.66. The maximum atomic E-state index is 11.9. The average Bonchev–Trinajstić information content (AvgIpc) is 2.48. The fourth-order valence-electron chi connectivity index (χ4n) is 2.52. The van der Waals surface area contributed by atoms with E-state index in [4.69, 9.17) is 14.6 Å². The highest BCUT2D eigenvalue weighted by Crippen LogP contribution is 2.07. The first-order chi connectivity index (χ1) is 9.29. The number of nitrogens with zero attached hydrogens (tertiary/aromatic N) is 2. The third kappa shape index (κ3) is 4.72. The molecule has 0 spiro atoms. The fraction of sp³-hybridized carbons (Fsp3) is 0.923. The number of aliphatic hydroxyl groups excluding tert-OH is 1. The van der Waals surface area contributed by atoms with Gasteiger partial charge in [0.2, 0.25) is 5.91 Å². The van der Waals surface area contributed by atoms with Crippen LogP contribution >= 0.6 is 0 Å². The Morgan fingerprint density at radius 1 is 1.21 bits per heavy atom. The Balaban J connectivity index is 1.61. The minimum absolute atomic E-state index is 0.0660. The van der Waals surface area contributed by atoms with Gasteiger partial charge in [0.1, 0.15) is 0 Å². The maximum Gasteiger partial charge on any atom is 0.222 e. The van der Waals surface area contributed by atoms with E-state index in [0.717, 1.165) is 39.1 Å². The van der Waals surface area contributed by atoms with Crippen LogP contribution in [0.2, 0.25) is 0 Å². The van der Waals surface area contributed by atoms with Gasteiger partial charge in [-0.3, -0.25) is 9.69 Å². The van der Waals surface area contributed by atoms with Crippen molar-refractivity contribution in [1.82, 2.24) is 9.80 Å². The monoisotopic (exact) mass is 272 g/mol. The highest BCUT2D eigenvalue weighted by atomic mass is 16.5. The molecule has 0 aromatic heterocycles. The number of rotatable bonds is 5. The van der Waals surface area contributed by atoms with Crippen molar-refractivity contribution in [3.63, 3.8) is 0 Å². The van der Waals surface area contributed by atoms with Crippen LogP contribution in [0.15, 0.2) is 0 Å². The summed E-state index contributed by atoms with van der Waals surface area (Å²) in [4.78, 5) is 16.1. The summed E-state index contributed by atoms with van der Waals surface area (Å²) in [7, 11) is 0. The van der Waals surface area contributed by atoms with Crippen LogP contribution in [0, 0.1) is 0 Å². The molecule has 0 aromatic carbocycles. The molecule has 2 aliphatic heterocycles. The molecule has 0 saturated carbocycles. The van der Waals surface area contributed by atoms with Crippen molar-refractivity contribution in [1.29, 1.82) is 0 Å². The van der Waals surface area contributed by atoms with E-state index in [-0.39, 0.29) is 18.6 Å². The van der Waals surface area contributed by atoms with Crippen molar-refractivity contribution >= 4 is 5.91 Å². The molecule has 0 aliphatic carbocycles. The molecule has 6 nitrogen and oxygen atoms in total. The SMILES string of the molecule is O=C(CCCN1CCOC(CO)C1)N1CCOCC1. The van der Waals surface area contributed by atoms with E-state index in [1.165, 1.54) is 0 Å². The van der Waals surface area contributed by atoms with E-state index in [1.807, 2.05) is 4.90 Å². The zero-order valence-electron chi connectivity index (χ0n) is 11.4. The summed E-state index contributed by atoms with van der Waals surface area (Å²) < 4.78 is 10.6. The molecule has 19 heavy (non-hydrogen) atoms. The molecule has 6 heteroatoms. The number of carbonyl (C=O) groups excluding carboxylic acids is 1. The summed E-state index contributed by atoms with van der Waals surface area (Å²) in [5.41, 5.74) is 0. The molecular formula is C13H24N2O4. The summed E-state index contributed by atoms with van der Waals surface area (Å²) in [6.45, 7) is 6.07. The Bertz CT molecular complexity index is 282. The van der Waals surface area contributed by atoms with Gasteiger partial charge in [-0.25, -0.2) is 0 Å². The number of ether oxygens (including phenoxy) is 2. The van der Waals surface area contributed by atoms with Gasteiger partial charge in [-0.2, -0.15) is 0 Å². The van der Waals surface area contributed by atoms with Crippen LogP contribution in [0.4, 0.5) is 0 Å². The average molecular weight is 272 g/mol. The minimum Gasteiger partial charge on any atom is -0.394 e. The smallest absolute Gasteiger partial charge is 0.222 e. The van der Waals surface area contributed by atoms with Crippen LogP contribution in [-0.4, -0.2) is 86.1 Å². The second kappa shape index (κ2) is 7.79. The number of carbonyl (C=O) groups is 1. The normalized spacial score (nSPS) is 25.5. The molecule has 0 bridgehead atoms. The Kier molecular flexibility index (Phi) is 6.03. The van der Waals surface area contributed by atoms with Crippen LogP contribution in [0.1, 0.15) is 12.8 Å². The summed E-state index contributed by atoms with van der Waals surface area (Å²) in [5.74, 6) is 0.232. The van der Waals surface area contributed by atoms with Gasteiger partial charge in [0.25, 0.3) is 0 Å². The van der Waals surface area contributed by atoms with E-state index in [1.54, 1.807) is 0 Å². The molecule has 110 valence electrons. The van der Waals surface area contributed by atoms with Crippen LogP contribution in [0.25, 0.3) is 0 Å². The molecule has 1 atom stereocenters. The van der Waals surface area contributed by atoms with E-state index in [9.17, 15) is 4.79 Å². The second-order valence-corrected chi connectivity index (χ2v) is 5.07. The highest BCUT2D eigenvalue weighted by molar-refractivity contribution is 5.76. The van der Waals surface area contributed by atoms with Gasteiger partial charge in [-0.15, -0.1) is 0 Å². The molecule has 1 amide bonds. The van der Waals surface area contributed by atoms with Gasteiger partial charge in [-0.1, -0.05) is 0 Å². The third-order valence-electron chi connectivity index (χ3n) is 3.66. The minimum atomic E-state index is -0.0660. The number of amides is 1. The van der Waals surface area contributed by atoms with Crippen LogP contribution in [0.3, 0.4) is 0 Å². The first kappa shape index (κ1) is 14.7. The van der Waals surface area contributed by atoms with Crippen LogP contribution in [-0.2, 0) is 14.3 Å². The molecule has 2 fully saturated rings. The first-order valence-corrected chi connectivity index (χ1v) is 7.10.